The molecule has 1 aliphatic rings. The molecule has 4 rings (SSSR count). The van der Waals surface area contributed by atoms with Gasteiger partial charge in [0, 0.05) is 35.2 Å². The summed E-state index contributed by atoms with van der Waals surface area (Å²) >= 11 is 6.81. The summed E-state index contributed by atoms with van der Waals surface area (Å²) < 4.78 is 80.0. The number of ether oxygens (including phenoxy) is 2. The van der Waals surface area contributed by atoms with Crippen molar-refractivity contribution >= 4 is 60.2 Å². The SMILES string of the molecule is COc1ccc(CN([C@H](CN(CCCO[Si](C(C)C)(C(C)C)C(C)C)S(=O)(=O)c2ccc(Br)cc2)[C@H]2CO2)S(=O)(=O)c2ccc(Br)cc2)cc1. The van der Waals surface area contributed by atoms with Crippen molar-refractivity contribution in [3.63, 3.8) is 0 Å². The van der Waals surface area contributed by atoms with E-state index in [1.807, 2.05) is 12.1 Å². The minimum absolute atomic E-state index is 0.00743. The third kappa shape index (κ3) is 9.67. The zero-order chi connectivity index (χ0) is 36.9. The van der Waals surface area contributed by atoms with Crippen molar-refractivity contribution in [1.29, 1.82) is 0 Å². The van der Waals surface area contributed by atoms with Crippen molar-refractivity contribution in [3.05, 3.63) is 87.3 Å². The Bertz CT molecular complexity index is 1730. The van der Waals surface area contributed by atoms with Gasteiger partial charge in [-0.25, -0.2) is 16.8 Å². The molecule has 9 nitrogen and oxygen atoms in total. The quantitative estimate of drug-likeness (QED) is 0.0677. The van der Waals surface area contributed by atoms with Crippen LogP contribution in [0.4, 0.5) is 0 Å². The molecule has 0 spiro atoms. The third-order valence-corrected chi connectivity index (χ3v) is 20.5. The molecule has 1 aliphatic heterocycles. The molecule has 0 N–H and O–H groups in total. The van der Waals surface area contributed by atoms with Crippen molar-refractivity contribution in [2.24, 2.45) is 0 Å². The maximum absolute atomic E-state index is 14.5. The first-order valence-corrected chi connectivity index (χ1v) is 23.6. The number of rotatable bonds is 19. The Kier molecular flexibility index (Phi) is 14.4. The first-order valence-electron chi connectivity index (χ1n) is 17.0. The highest BCUT2D eigenvalue weighted by Crippen LogP contribution is 2.42. The van der Waals surface area contributed by atoms with E-state index in [9.17, 15) is 16.8 Å². The third-order valence-electron chi connectivity index (χ3n) is 9.53. The summed E-state index contributed by atoms with van der Waals surface area (Å²) in [4.78, 5) is 0.234. The molecule has 50 heavy (non-hydrogen) atoms. The Morgan fingerprint density at radius 2 is 1.26 bits per heavy atom. The summed E-state index contributed by atoms with van der Waals surface area (Å²) in [5.74, 6) is 0.645. The topological polar surface area (TPSA) is 106 Å². The minimum atomic E-state index is -4.12. The fourth-order valence-electron chi connectivity index (χ4n) is 6.97. The predicted octanol–water partition coefficient (Wildman–Crippen LogP) is 8.45. The van der Waals surface area contributed by atoms with Crippen LogP contribution in [0, 0.1) is 0 Å². The van der Waals surface area contributed by atoms with Gasteiger partial charge < -0.3 is 13.9 Å². The Morgan fingerprint density at radius 3 is 1.70 bits per heavy atom. The van der Waals surface area contributed by atoms with Gasteiger partial charge in [0.1, 0.15) is 5.75 Å². The molecule has 0 aromatic heterocycles. The van der Waals surface area contributed by atoms with Crippen LogP contribution in [-0.4, -0.2) is 79.3 Å². The molecule has 0 radical (unpaired) electrons. The first kappa shape index (κ1) is 41.1. The lowest BCUT2D eigenvalue weighted by atomic mass is 10.1. The van der Waals surface area contributed by atoms with E-state index in [0.717, 1.165) is 14.5 Å². The highest BCUT2D eigenvalue weighted by Gasteiger charge is 2.46. The van der Waals surface area contributed by atoms with Crippen molar-refractivity contribution < 1.29 is 30.7 Å². The zero-order valence-electron chi connectivity index (χ0n) is 29.9. The Hall–Kier alpha value is -1.62. The Labute approximate surface area is 317 Å². The molecule has 0 bridgehead atoms. The Morgan fingerprint density at radius 1 is 0.780 bits per heavy atom. The van der Waals surface area contributed by atoms with Gasteiger partial charge >= 0.3 is 0 Å². The lowest BCUT2D eigenvalue weighted by molar-refractivity contribution is 0.202. The van der Waals surface area contributed by atoms with Crippen LogP contribution in [0.25, 0.3) is 0 Å². The molecule has 3 aromatic carbocycles. The van der Waals surface area contributed by atoms with Gasteiger partial charge in [-0.3, -0.25) is 0 Å². The van der Waals surface area contributed by atoms with Crippen molar-refractivity contribution in [1.82, 2.24) is 8.61 Å². The number of epoxide rings is 1. The summed E-state index contributed by atoms with van der Waals surface area (Å²) in [6.07, 6.45) is -0.0347. The van der Waals surface area contributed by atoms with E-state index in [1.165, 1.54) is 8.61 Å². The van der Waals surface area contributed by atoms with Crippen LogP contribution in [0.1, 0.15) is 53.5 Å². The first-order chi connectivity index (χ1) is 23.5. The fraction of sp³-hybridized carbons (Fsp3) is 0.500. The minimum Gasteiger partial charge on any atom is -0.497 e. The average molecular weight is 875 g/mol. The van der Waals surface area contributed by atoms with E-state index < -0.39 is 40.5 Å². The Balaban J connectivity index is 1.73. The largest absolute Gasteiger partial charge is 0.497 e. The van der Waals surface area contributed by atoms with Gasteiger partial charge in [0.15, 0.2) is 8.32 Å². The van der Waals surface area contributed by atoms with Crippen molar-refractivity contribution in [3.8, 4) is 5.75 Å². The lowest BCUT2D eigenvalue weighted by Crippen LogP contribution is -2.51. The summed E-state index contributed by atoms with van der Waals surface area (Å²) in [5, 5.41) is 0. The van der Waals surface area contributed by atoms with Crippen LogP contribution in [-0.2, 0) is 35.8 Å². The summed E-state index contributed by atoms with van der Waals surface area (Å²) in [6, 6.07) is 19.3. The van der Waals surface area contributed by atoms with Crippen LogP contribution >= 0.6 is 31.9 Å². The van der Waals surface area contributed by atoms with Crippen molar-refractivity contribution in [2.75, 3.05) is 33.4 Å². The molecule has 2 atom stereocenters. The molecule has 0 saturated carbocycles. The molecule has 1 saturated heterocycles. The molecule has 0 aliphatic carbocycles. The van der Waals surface area contributed by atoms with E-state index in [-0.39, 0.29) is 29.4 Å². The van der Waals surface area contributed by atoms with Gasteiger partial charge in [-0.15, -0.1) is 0 Å². The summed E-state index contributed by atoms with van der Waals surface area (Å²) in [7, 11) is -8.77. The lowest BCUT2D eigenvalue weighted by Gasteiger charge is -2.42. The second kappa shape index (κ2) is 17.5. The molecule has 276 valence electrons. The van der Waals surface area contributed by atoms with Gasteiger partial charge in [-0.05, 0) is 89.3 Å². The molecule has 0 amide bonds. The van der Waals surface area contributed by atoms with Crippen LogP contribution in [0.3, 0.4) is 0 Å². The van der Waals surface area contributed by atoms with Gasteiger partial charge in [0.2, 0.25) is 20.0 Å². The fourth-order valence-corrected chi connectivity index (χ4v) is 16.1. The monoisotopic (exact) mass is 872 g/mol. The highest BCUT2D eigenvalue weighted by atomic mass is 79.9. The van der Waals surface area contributed by atoms with E-state index in [0.29, 0.717) is 42.0 Å². The number of benzene rings is 3. The molecule has 1 heterocycles. The number of sulfonamides is 2. The molecule has 14 heteroatoms. The summed E-state index contributed by atoms with van der Waals surface area (Å²) in [6.45, 7) is 14.1. The number of methoxy groups -OCH3 is 1. The maximum Gasteiger partial charge on any atom is 0.243 e. The second-order valence-corrected chi connectivity index (χ2v) is 24.7. The summed E-state index contributed by atoms with van der Waals surface area (Å²) in [5.41, 5.74) is 1.88. The van der Waals surface area contributed by atoms with Crippen LogP contribution in [0.2, 0.25) is 16.6 Å². The van der Waals surface area contributed by atoms with Crippen LogP contribution < -0.4 is 4.74 Å². The van der Waals surface area contributed by atoms with Gasteiger partial charge in [-0.1, -0.05) is 85.5 Å². The van der Waals surface area contributed by atoms with Crippen LogP contribution in [0.5, 0.6) is 5.75 Å². The smallest absolute Gasteiger partial charge is 0.243 e. The van der Waals surface area contributed by atoms with E-state index in [4.69, 9.17) is 13.9 Å². The zero-order valence-corrected chi connectivity index (χ0v) is 35.7. The van der Waals surface area contributed by atoms with Gasteiger partial charge in [0.05, 0.1) is 35.7 Å². The molecular formula is C36H50Br2N2O7S2Si. The highest BCUT2D eigenvalue weighted by molar-refractivity contribution is 9.10. The van der Waals surface area contributed by atoms with Crippen LogP contribution in [0.15, 0.2) is 91.5 Å². The number of hydrogen-bond donors (Lipinski definition) is 0. The van der Waals surface area contributed by atoms with Crippen molar-refractivity contribution in [2.45, 2.75) is 93.1 Å². The predicted molar refractivity (Wildman–Crippen MR) is 208 cm³/mol. The number of hydrogen-bond acceptors (Lipinski definition) is 7. The van der Waals surface area contributed by atoms with Gasteiger partial charge in [-0.2, -0.15) is 8.61 Å². The number of nitrogens with zero attached hydrogens (tertiary/aromatic N) is 2. The molecule has 0 unspecified atom stereocenters. The maximum atomic E-state index is 14.5. The van der Waals surface area contributed by atoms with E-state index in [2.05, 4.69) is 73.4 Å². The van der Waals surface area contributed by atoms with Gasteiger partial charge in [0.25, 0.3) is 0 Å². The average Bonchev–Trinajstić information content (AvgIpc) is 3.91. The van der Waals surface area contributed by atoms with E-state index in [1.54, 1.807) is 67.8 Å². The second-order valence-electron chi connectivity index (χ2n) is 13.6. The molecule has 3 aromatic rings. The number of halogens is 2. The normalized spacial score (nSPS) is 16.2. The van der Waals surface area contributed by atoms with E-state index >= 15 is 0 Å². The molecule has 1 fully saturated rings. The standard InChI is InChI=1S/C36H50Br2N2O7S2Si/c1-26(2)50(27(3)4,28(5)6)47-22-8-21-39(48(41,42)33-17-11-30(37)12-18-33)24-35(36-25-46-36)40(23-29-9-15-32(45-7)16-10-29)49(43,44)34-19-13-31(38)14-20-34/h9-20,26-28,35-36H,8,21-25H2,1-7H3/t35-,36-/m1/s1. The molecular weight excluding hydrogens is 824 g/mol.